The Morgan fingerprint density at radius 3 is 2.83 bits per heavy atom. The average molecular weight is 342 g/mol. The zero-order chi connectivity index (χ0) is 16.8. The molecule has 0 aliphatic carbocycles. The number of nitrogens with zero attached hydrogens (tertiary/aromatic N) is 1. The van der Waals surface area contributed by atoms with Crippen molar-refractivity contribution < 1.29 is 9.15 Å². The predicted octanol–water partition coefficient (Wildman–Crippen LogP) is 2.78. The van der Waals surface area contributed by atoms with Crippen LogP contribution in [0.4, 0.5) is 0 Å². The van der Waals surface area contributed by atoms with E-state index in [4.69, 9.17) is 9.15 Å². The molecule has 0 radical (unpaired) electrons. The van der Waals surface area contributed by atoms with Crippen molar-refractivity contribution in [1.82, 2.24) is 10.6 Å². The van der Waals surface area contributed by atoms with Gasteiger partial charge in [0, 0.05) is 31.9 Å². The lowest BCUT2D eigenvalue weighted by Crippen LogP contribution is -2.39. The molecule has 0 aromatic carbocycles. The largest absolute Gasteiger partial charge is 0.469 e. The summed E-state index contributed by atoms with van der Waals surface area (Å²) < 4.78 is 10.9. The summed E-state index contributed by atoms with van der Waals surface area (Å²) in [7, 11) is 0. The molecule has 1 aromatic heterocycles. The van der Waals surface area contributed by atoms with E-state index in [1.165, 1.54) is 0 Å². The molecule has 6 heteroatoms. The quantitative estimate of drug-likeness (QED) is 0.348. The Morgan fingerprint density at radius 1 is 1.30 bits per heavy atom. The minimum Gasteiger partial charge on any atom is -0.469 e. The Kier molecular flexibility index (Phi) is 11.5. The number of rotatable bonds is 12. The van der Waals surface area contributed by atoms with Gasteiger partial charge in [-0.3, -0.25) is 4.99 Å². The van der Waals surface area contributed by atoms with Gasteiger partial charge in [-0.1, -0.05) is 13.8 Å². The number of thioether (sulfide) groups is 1. The Labute approximate surface area is 144 Å². The third-order valence-corrected chi connectivity index (χ3v) is 3.80. The van der Waals surface area contributed by atoms with E-state index in [9.17, 15) is 0 Å². The topological polar surface area (TPSA) is 58.8 Å². The van der Waals surface area contributed by atoms with Gasteiger partial charge < -0.3 is 19.8 Å². The Balaban J connectivity index is 2.24. The molecule has 0 bridgehead atoms. The van der Waals surface area contributed by atoms with Crippen molar-refractivity contribution in [3.05, 3.63) is 24.2 Å². The van der Waals surface area contributed by atoms with E-state index in [-0.39, 0.29) is 0 Å². The van der Waals surface area contributed by atoms with Gasteiger partial charge >= 0.3 is 0 Å². The van der Waals surface area contributed by atoms with Crippen molar-refractivity contribution in [1.29, 1.82) is 0 Å². The van der Waals surface area contributed by atoms with Gasteiger partial charge in [0.15, 0.2) is 5.96 Å². The molecule has 0 aliphatic rings. The van der Waals surface area contributed by atoms with Gasteiger partial charge in [0.05, 0.1) is 19.4 Å². The Bertz CT molecular complexity index is 408. The molecule has 23 heavy (non-hydrogen) atoms. The lowest BCUT2D eigenvalue weighted by Gasteiger charge is -2.12. The van der Waals surface area contributed by atoms with E-state index in [1.54, 1.807) is 6.26 Å². The minimum atomic E-state index is 0.667. The molecule has 0 saturated carbocycles. The van der Waals surface area contributed by atoms with Gasteiger partial charge in [0.25, 0.3) is 0 Å². The third-order valence-electron chi connectivity index (χ3n) is 3.19. The molecule has 0 saturated heterocycles. The number of ether oxygens (including phenoxy) is 1. The minimum absolute atomic E-state index is 0.667. The van der Waals surface area contributed by atoms with Crippen molar-refractivity contribution in [2.45, 2.75) is 26.7 Å². The fourth-order valence-electron chi connectivity index (χ4n) is 1.85. The molecule has 0 amide bonds. The van der Waals surface area contributed by atoms with E-state index in [0.29, 0.717) is 19.1 Å². The van der Waals surface area contributed by atoms with Crippen LogP contribution in [0.25, 0.3) is 0 Å². The van der Waals surface area contributed by atoms with Crippen LogP contribution < -0.4 is 10.6 Å². The third kappa shape index (κ3) is 11.1. The number of guanidine groups is 1. The van der Waals surface area contributed by atoms with Gasteiger partial charge in [0.2, 0.25) is 0 Å². The molecule has 1 aromatic rings. The van der Waals surface area contributed by atoms with E-state index >= 15 is 0 Å². The van der Waals surface area contributed by atoms with Crippen molar-refractivity contribution in [2.24, 2.45) is 10.9 Å². The highest BCUT2D eigenvalue weighted by Crippen LogP contribution is 2.00. The van der Waals surface area contributed by atoms with Crippen LogP contribution in [-0.2, 0) is 11.2 Å². The molecule has 2 N–H and O–H groups in total. The molecule has 132 valence electrons. The summed E-state index contributed by atoms with van der Waals surface area (Å²) in [4.78, 5) is 4.56. The standard InChI is InChI=1S/C17H31N3O2S/c1-15(2)7-12-21-13-9-19-17(20-10-14-23-3)18-8-6-16-5-4-11-22-16/h4-5,11,15H,6-10,12-14H2,1-3H3,(H2,18,19,20). The summed E-state index contributed by atoms with van der Waals surface area (Å²) in [6.07, 6.45) is 5.76. The summed E-state index contributed by atoms with van der Waals surface area (Å²) in [5, 5.41) is 6.68. The highest BCUT2D eigenvalue weighted by Gasteiger charge is 2.00. The molecule has 0 fully saturated rings. The van der Waals surface area contributed by atoms with Crippen LogP contribution in [0, 0.1) is 5.92 Å². The fourth-order valence-corrected chi connectivity index (χ4v) is 2.15. The first-order chi connectivity index (χ1) is 11.2. The monoisotopic (exact) mass is 341 g/mol. The molecule has 1 heterocycles. The van der Waals surface area contributed by atoms with E-state index < -0.39 is 0 Å². The van der Waals surface area contributed by atoms with Crippen molar-refractivity contribution in [3.8, 4) is 0 Å². The van der Waals surface area contributed by atoms with Crippen LogP contribution in [0.1, 0.15) is 26.0 Å². The van der Waals surface area contributed by atoms with Crippen LogP contribution in [-0.4, -0.2) is 50.8 Å². The highest BCUT2D eigenvalue weighted by molar-refractivity contribution is 7.98. The number of hydrogen-bond acceptors (Lipinski definition) is 4. The first kappa shape index (κ1) is 19.9. The first-order valence-electron chi connectivity index (χ1n) is 8.33. The molecule has 0 unspecified atom stereocenters. The zero-order valence-electron chi connectivity index (χ0n) is 14.6. The van der Waals surface area contributed by atoms with Gasteiger partial charge in [-0.15, -0.1) is 0 Å². The number of nitrogens with one attached hydrogen (secondary N) is 2. The number of aliphatic imine (C=N–C) groups is 1. The Morgan fingerprint density at radius 2 is 2.13 bits per heavy atom. The normalized spacial score (nSPS) is 11.9. The lowest BCUT2D eigenvalue weighted by molar-refractivity contribution is 0.130. The van der Waals surface area contributed by atoms with Crippen molar-refractivity contribution in [3.63, 3.8) is 0 Å². The molecular formula is C17H31N3O2S. The molecule has 5 nitrogen and oxygen atoms in total. The van der Waals surface area contributed by atoms with Crippen LogP contribution >= 0.6 is 11.8 Å². The molecule has 0 spiro atoms. The fraction of sp³-hybridized carbons (Fsp3) is 0.706. The van der Waals surface area contributed by atoms with E-state index in [0.717, 1.165) is 50.0 Å². The van der Waals surface area contributed by atoms with Crippen molar-refractivity contribution >= 4 is 17.7 Å². The van der Waals surface area contributed by atoms with Crippen molar-refractivity contribution in [2.75, 3.05) is 44.9 Å². The first-order valence-corrected chi connectivity index (χ1v) is 9.73. The highest BCUT2D eigenvalue weighted by atomic mass is 32.2. The van der Waals surface area contributed by atoms with Crippen LogP contribution in [0.3, 0.4) is 0 Å². The predicted molar refractivity (Wildman–Crippen MR) is 99.4 cm³/mol. The smallest absolute Gasteiger partial charge is 0.191 e. The second kappa shape index (κ2) is 13.3. The van der Waals surface area contributed by atoms with Gasteiger partial charge in [0.1, 0.15) is 5.76 Å². The average Bonchev–Trinajstić information content (AvgIpc) is 3.03. The van der Waals surface area contributed by atoms with Crippen LogP contribution in [0.15, 0.2) is 27.8 Å². The Hall–Kier alpha value is -1.14. The van der Waals surface area contributed by atoms with Gasteiger partial charge in [-0.2, -0.15) is 11.8 Å². The van der Waals surface area contributed by atoms with Gasteiger partial charge in [-0.05, 0) is 30.7 Å². The summed E-state index contributed by atoms with van der Waals surface area (Å²) in [5.41, 5.74) is 0. The SMILES string of the molecule is CSCCNC(=NCCOCCC(C)C)NCCc1ccco1. The number of furan rings is 1. The van der Waals surface area contributed by atoms with E-state index in [1.807, 2.05) is 23.9 Å². The second-order valence-electron chi connectivity index (χ2n) is 5.70. The molecule has 0 atom stereocenters. The maximum Gasteiger partial charge on any atom is 0.191 e. The van der Waals surface area contributed by atoms with Gasteiger partial charge in [-0.25, -0.2) is 0 Å². The second-order valence-corrected chi connectivity index (χ2v) is 6.69. The van der Waals surface area contributed by atoms with E-state index in [2.05, 4.69) is 35.7 Å². The summed E-state index contributed by atoms with van der Waals surface area (Å²) in [6, 6.07) is 3.90. The maximum absolute atomic E-state index is 5.60. The van der Waals surface area contributed by atoms with Crippen LogP contribution in [0.5, 0.6) is 0 Å². The maximum atomic E-state index is 5.60. The summed E-state index contributed by atoms with van der Waals surface area (Å²) in [5.74, 6) is 3.57. The lowest BCUT2D eigenvalue weighted by atomic mass is 10.1. The summed E-state index contributed by atoms with van der Waals surface area (Å²) in [6.45, 7) is 8.27. The molecular weight excluding hydrogens is 310 g/mol. The summed E-state index contributed by atoms with van der Waals surface area (Å²) >= 11 is 1.82. The zero-order valence-corrected chi connectivity index (χ0v) is 15.5. The molecule has 1 rings (SSSR count). The molecule has 0 aliphatic heterocycles. The number of hydrogen-bond donors (Lipinski definition) is 2. The van der Waals surface area contributed by atoms with Crippen LogP contribution in [0.2, 0.25) is 0 Å².